The fourth-order valence-electron chi connectivity index (χ4n) is 1.67. The molecule has 0 fully saturated rings. The number of rotatable bonds is 6. The summed E-state index contributed by atoms with van der Waals surface area (Å²) >= 11 is 0. The van der Waals surface area contributed by atoms with Crippen LogP contribution in [-0.4, -0.2) is 31.4 Å². The van der Waals surface area contributed by atoms with E-state index in [-0.39, 0.29) is 5.75 Å². The summed E-state index contributed by atoms with van der Waals surface area (Å²) in [5.41, 5.74) is 5.74. The van der Waals surface area contributed by atoms with Crippen molar-refractivity contribution in [3.05, 3.63) is 35.9 Å². The minimum absolute atomic E-state index is 0.210. The molecule has 0 atom stereocenters. The van der Waals surface area contributed by atoms with E-state index in [1.165, 1.54) is 0 Å². The van der Waals surface area contributed by atoms with Gasteiger partial charge in [0.25, 0.3) is 0 Å². The molecule has 19 heavy (non-hydrogen) atoms. The van der Waals surface area contributed by atoms with Crippen molar-refractivity contribution in [3.63, 3.8) is 0 Å². The number of carbonyl (C=O) groups excluding carboxylic acids is 1. The Bertz CT molecular complexity index is 519. The van der Waals surface area contributed by atoms with Gasteiger partial charge in [-0.1, -0.05) is 30.3 Å². The summed E-state index contributed by atoms with van der Waals surface area (Å²) in [4.78, 5) is 11.6. The maximum absolute atomic E-state index is 11.7. The van der Waals surface area contributed by atoms with Crippen molar-refractivity contribution >= 4 is 15.7 Å². The lowest BCUT2D eigenvalue weighted by atomic mass is 10.1. The fourth-order valence-corrected chi connectivity index (χ4v) is 3.40. The van der Waals surface area contributed by atoms with Crippen LogP contribution in [0.5, 0.6) is 0 Å². The second-order valence-electron chi connectivity index (χ2n) is 5.28. The fraction of sp³-hybridized carbons (Fsp3) is 0.462. The number of nitrogens with two attached hydrogens (primary N) is 1. The molecule has 1 amide bonds. The summed E-state index contributed by atoms with van der Waals surface area (Å²) in [6.07, 6.45) is 0. The topological polar surface area (TPSA) is 89.3 Å². The van der Waals surface area contributed by atoms with Crippen molar-refractivity contribution in [2.45, 2.75) is 25.9 Å². The Hall–Kier alpha value is -1.40. The lowest BCUT2D eigenvalue weighted by Crippen LogP contribution is -2.42. The first-order chi connectivity index (χ1) is 8.68. The van der Waals surface area contributed by atoms with Crippen molar-refractivity contribution in [3.8, 4) is 0 Å². The zero-order chi connectivity index (χ0) is 14.5. The number of benzene rings is 1. The summed E-state index contributed by atoms with van der Waals surface area (Å²) < 4.78 is 23.5. The van der Waals surface area contributed by atoms with E-state index >= 15 is 0 Å². The van der Waals surface area contributed by atoms with E-state index in [9.17, 15) is 13.2 Å². The molecule has 0 saturated carbocycles. The van der Waals surface area contributed by atoms with Crippen LogP contribution in [-0.2, 0) is 21.2 Å². The summed E-state index contributed by atoms with van der Waals surface area (Å²) in [6.45, 7) is 3.56. The first-order valence-electron chi connectivity index (χ1n) is 5.98. The molecule has 0 spiro atoms. The molecule has 106 valence electrons. The molecule has 6 heteroatoms. The highest BCUT2D eigenvalue weighted by molar-refractivity contribution is 7.92. The summed E-state index contributed by atoms with van der Waals surface area (Å²) in [7, 11) is -3.48. The number of nitrogens with one attached hydrogen (secondary N) is 1. The van der Waals surface area contributed by atoms with E-state index in [1.54, 1.807) is 13.8 Å². The minimum atomic E-state index is -3.48. The van der Waals surface area contributed by atoms with Gasteiger partial charge in [-0.3, -0.25) is 4.79 Å². The van der Waals surface area contributed by atoms with Gasteiger partial charge in [-0.2, -0.15) is 0 Å². The Morgan fingerprint density at radius 1 is 1.26 bits per heavy atom. The van der Waals surface area contributed by atoms with Gasteiger partial charge in [0.15, 0.2) is 9.84 Å². The number of hydrogen-bond donors (Lipinski definition) is 2. The summed E-state index contributed by atoms with van der Waals surface area (Å²) in [5.74, 6) is -1.24. The molecule has 0 aliphatic carbocycles. The SMILES string of the molecule is CC(C)(N)CS(=O)(=O)CC(=O)NCc1ccccc1. The van der Waals surface area contributed by atoms with E-state index in [4.69, 9.17) is 5.73 Å². The number of carbonyl (C=O) groups is 1. The van der Waals surface area contributed by atoms with Crippen LogP contribution in [0.2, 0.25) is 0 Å². The van der Waals surface area contributed by atoms with Gasteiger partial charge in [-0.15, -0.1) is 0 Å². The lowest BCUT2D eigenvalue weighted by Gasteiger charge is -2.17. The Kier molecular flexibility index (Phi) is 5.08. The second kappa shape index (κ2) is 6.16. The predicted molar refractivity (Wildman–Crippen MR) is 75.2 cm³/mol. The predicted octanol–water partition coefficient (Wildman–Crippen LogP) is 0.455. The molecule has 1 aromatic rings. The molecule has 5 nitrogen and oxygen atoms in total. The molecule has 0 saturated heterocycles. The molecule has 0 aromatic heterocycles. The highest BCUT2D eigenvalue weighted by atomic mass is 32.2. The highest BCUT2D eigenvalue weighted by Gasteiger charge is 2.24. The number of sulfone groups is 1. The molecule has 0 bridgehead atoms. The third-order valence-electron chi connectivity index (χ3n) is 2.28. The van der Waals surface area contributed by atoms with Gasteiger partial charge >= 0.3 is 0 Å². The maximum atomic E-state index is 11.7. The molecule has 1 aromatic carbocycles. The van der Waals surface area contributed by atoms with Crippen LogP contribution in [0.3, 0.4) is 0 Å². The van der Waals surface area contributed by atoms with E-state index in [0.29, 0.717) is 6.54 Å². The first kappa shape index (κ1) is 15.7. The maximum Gasteiger partial charge on any atom is 0.235 e. The van der Waals surface area contributed by atoms with Gasteiger partial charge in [0.2, 0.25) is 5.91 Å². The molecular formula is C13H20N2O3S. The molecule has 1 rings (SSSR count). The molecule has 0 heterocycles. The second-order valence-corrected chi connectivity index (χ2v) is 7.35. The van der Waals surface area contributed by atoms with E-state index < -0.39 is 27.0 Å². The zero-order valence-electron chi connectivity index (χ0n) is 11.2. The highest BCUT2D eigenvalue weighted by Crippen LogP contribution is 2.04. The van der Waals surface area contributed by atoms with Gasteiger partial charge in [-0.05, 0) is 19.4 Å². The molecule has 0 aliphatic rings. The van der Waals surface area contributed by atoms with Crippen LogP contribution in [0, 0.1) is 0 Å². The van der Waals surface area contributed by atoms with Gasteiger partial charge in [0.05, 0.1) is 5.75 Å². The average molecular weight is 284 g/mol. The third-order valence-corrected chi connectivity index (χ3v) is 4.16. The summed E-state index contributed by atoms with van der Waals surface area (Å²) in [5, 5.41) is 2.58. The van der Waals surface area contributed by atoms with E-state index in [2.05, 4.69) is 5.32 Å². The third kappa shape index (κ3) is 6.93. The van der Waals surface area contributed by atoms with Crippen LogP contribution in [0.1, 0.15) is 19.4 Å². The Morgan fingerprint density at radius 3 is 2.37 bits per heavy atom. The normalized spacial score (nSPS) is 12.2. The first-order valence-corrected chi connectivity index (χ1v) is 7.80. The largest absolute Gasteiger partial charge is 0.351 e. The van der Waals surface area contributed by atoms with Gasteiger partial charge in [0, 0.05) is 12.1 Å². The quantitative estimate of drug-likeness (QED) is 0.794. The number of hydrogen-bond acceptors (Lipinski definition) is 4. The van der Waals surface area contributed by atoms with Gasteiger partial charge in [-0.25, -0.2) is 8.42 Å². The smallest absolute Gasteiger partial charge is 0.235 e. The lowest BCUT2D eigenvalue weighted by molar-refractivity contribution is -0.118. The Labute approximate surface area is 114 Å². The van der Waals surface area contributed by atoms with Crippen molar-refractivity contribution in [1.29, 1.82) is 0 Å². The van der Waals surface area contributed by atoms with Crippen LogP contribution in [0.15, 0.2) is 30.3 Å². The van der Waals surface area contributed by atoms with Crippen molar-refractivity contribution in [2.75, 3.05) is 11.5 Å². The van der Waals surface area contributed by atoms with Crippen molar-refractivity contribution in [1.82, 2.24) is 5.32 Å². The van der Waals surface area contributed by atoms with Gasteiger partial charge < -0.3 is 11.1 Å². The van der Waals surface area contributed by atoms with Crippen LogP contribution in [0.4, 0.5) is 0 Å². The molecule has 3 N–H and O–H groups in total. The van der Waals surface area contributed by atoms with E-state index in [1.807, 2.05) is 30.3 Å². The standard InChI is InChI=1S/C13H20N2O3S/c1-13(2,14)10-19(17,18)9-12(16)15-8-11-6-4-3-5-7-11/h3-7H,8-10,14H2,1-2H3,(H,15,16). The van der Waals surface area contributed by atoms with Gasteiger partial charge in [0.1, 0.15) is 5.75 Å². The summed E-state index contributed by atoms with van der Waals surface area (Å²) in [6, 6.07) is 9.30. The molecule has 0 unspecified atom stereocenters. The van der Waals surface area contributed by atoms with Crippen LogP contribution >= 0.6 is 0 Å². The molecule has 0 radical (unpaired) electrons. The Morgan fingerprint density at radius 2 is 1.84 bits per heavy atom. The minimum Gasteiger partial charge on any atom is -0.351 e. The average Bonchev–Trinajstić information content (AvgIpc) is 2.23. The molecule has 0 aliphatic heterocycles. The Balaban J connectivity index is 2.48. The monoisotopic (exact) mass is 284 g/mol. The van der Waals surface area contributed by atoms with Crippen LogP contribution in [0.25, 0.3) is 0 Å². The van der Waals surface area contributed by atoms with Crippen molar-refractivity contribution < 1.29 is 13.2 Å². The van der Waals surface area contributed by atoms with E-state index in [0.717, 1.165) is 5.56 Å². The zero-order valence-corrected chi connectivity index (χ0v) is 12.0. The molecular weight excluding hydrogens is 264 g/mol. The van der Waals surface area contributed by atoms with Crippen molar-refractivity contribution in [2.24, 2.45) is 5.73 Å². The number of amides is 1. The van der Waals surface area contributed by atoms with Crippen LogP contribution < -0.4 is 11.1 Å².